The Hall–Kier alpha value is -3.37. The van der Waals surface area contributed by atoms with Crippen molar-refractivity contribution < 1.29 is 24.1 Å². The third kappa shape index (κ3) is 5.10. The molecule has 5 rings (SSSR count). The molecule has 0 aliphatic carbocycles. The zero-order valence-electron chi connectivity index (χ0n) is 19.4. The summed E-state index contributed by atoms with van der Waals surface area (Å²) in [6.45, 7) is 1.56. The monoisotopic (exact) mass is 525 g/mol. The van der Waals surface area contributed by atoms with E-state index in [9.17, 15) is 9.90 Å². The minimum Gasteiger partial charge on any atom is -0.486 e. The summed E-state index contributed by atoms with van der Waals surface area (Å²) in [5, 5.41) is 17.2. The topological polar surface area (TPSA) is 102 Å². The summed E-state index contributed by atoms with van der Waals surface area (Å²) in [5.41, 5.74) is 3.50. The quantitative estimate of drug-likeness (QED) is 0.270. The number of hydrogen-bond donors (Lipinski definition) is 3. The highest BCUT2D eigenvalue weighted by molar-refractivity contribution is 7.13. The zero-order valence-corrected chi connectivity index (χ0v) is 21.0. The molecule has 0 saturated heterocycles. The van der Waals surface area contributed by atoms with Crippen molar-refractivity contribution in [3.05, 3.63) is 65.2 Å². The second-order valence-electron chi connectivity index (χ2n) is 8.24. The lowest BCUT2D eigenvalue weighted by Gasteiger charge is -2.19. The van der Waals surface area contributed by atoms with Gasteiger partial charge in [-0.3, -0.25) is 10.1 Å². The molecule has 0 unspecified atom stereocenters. The van der Waals surface area contributed by atoms with Gasteiger partial charge in [0, 0.05) is 24.6 Å². The molecule has 1 aliphatic rings. The second kappa shape index (κ2) is 10.7. The van der Waals surface area contributed by atoms with Crippen LogP contribution >= 0.6 is 23.1 Å². The van der Waals surface area contributed by atoms with Crippen LogP contribution in [0.1, 0.15) is 5.56 Å². The van der Waals surface area contributed by atoms with E-state index in [1.54, 1.807) is 0 Å². The molecule has 3 N–H and O–H groups in total. The lowest BCUT2D eigenvalue weighted by atomic mass is 10.0. The Bertz CT molecular complexity index is 1410. The van der Waals surface area contributed by atoms with E-state index < -0.39 is 12.0 Å². The van der Waals surface area contributed by atoms with Crippen molar-refractivity contribution in [1.82, 2.24) is 9.69 Å². The van der Waals surface area contributed by atoms with Gasteiger partial charge in [-0.2, -0.15) is 4.37 Å². The summed E-state index contributed by atoms with van der Waals surface area (Å²) in [7, 11) is 1.48. The molecule has 186 valence electrons. The van der Waals surface area contributed by atoms with Crippen LogP contribution < -0.4 is 20.1 Å². The lowest BCUT2D eigenvalue weighted by Crippen LogP contribution is -2.39. The highest BCUT2D eigenvalue weighted by Gasteiger charge is 2.18. The third-order valence-electron chi connectivity index (χ3n) is 5.83. The molecule has 3 aromatic carbocycles. The van der Waals surface area contributed by atoms with Crippen molar-refractivity contribution in [2.75, 3.05) is 32.2 Å². The summed E-state index contributed by atoms with van der Waals surface area (Å²) in [4.78, 5) is 11.3. The van der Waals surface area contributed by atoms with Gasteiger partial charge < -0.3 is 24.6 Å². The standard InChI is InChI=1S/C26H24ClN3O5S/c1-33-14-20(26(31)32)28-13-15-5-7-18-23(11-15)36-30-25(18)29-19-4-2-3-17(24(19)27)16-6-8-21-22(12-16)35-10-9-34-21/h2-8,11-12,20,28H,9-10,13-14H2,1H3,(H,29,30)(H,31,32)/t20-/m0/s1. The number of benzene rings is 3. The van der Waals surface area contributed by atoms with Gasteiger partial charge in [0.2, 0.25) is 0 Å². The number of aromatic nitrogens is 1. The number of carbonyl (C=O) groups is 1. The van der Waals surface area contributed by atoms with Crippen LogP contribution in [-0.4, -0.2) is 48.4 Å². The Morgan fingerprint density at radius 3 is 2.81 bits per heavy atom. The van der Waals surface area contributed by atoms with Crippen molar-refractivity contribution in [1.29, 1.82) is 0 Å². The first-order chi connectivity index (χ1) is 17.5. The zero-order chi connectivity index (χ0) is 25.1. The molecule has 0 spiro atoms. The number of rotatable bonds is 9. The van der Waals surface area contributed by atoms with E-state index in [1.807, 2.05) is 54.6 Å². The summed E-state index contributed by atoms with van der Waals surface area (Å²) >= 11 is 8.18. The van der Waals surface area contributed by atoms with Gasteiger partial charge in [-0.1, -0.05) is 35.9 Å². The van der Waals surface area contributed by atoms with Crippen LogP contribution in [0.15, 0.2) is 54.6 Å². The maximum Gasteiger partial charge on any atom is 0.323 e. The van der Waals surface area contributed by atoms with Gasteiger partial charge in [-0.25, -0.2) is 0 Å². The number of fused-ring (bicyclic) bond motifs is 2. The molecule has 0 fully saturated rings. The molecule has 8 nitrogen and oxygen atoms in total. The predicted molar refractivity (Wildman–Crippen MR) is 141 cm³/mol. The lowest BCUT2D eigenvalue weighted by molar-refractivity contribution is -0.140. The van der Waals surface area contributed by atoms with Crippen molar-refractivity contribution in [3.63, 3.8) is 0 Å². The Labute approximate surface area is 216 Å². The molecule has 0 saturated carbocycles. The fraction of sp³-hybridized carbons (Fsp3) is 0.231. The van der Waals surface area contributed by atoms with E-state index in [0.717, 1.165) is 38.2 Å². The SMILES string of the molecule is COC[C@H](NCc1ccc2c(Nc3cccc(-c4ccc5c(c4)OCCO5)c3Cl)nsc2c1)C(=O)O. The van der Waals surface area contributed by atoms with Gasteiger partial charge in [0.1, 0.15) is 19.3 Å². The minimum absolute atomic E-state index is 0.0955. The van der Waals surface area contributed by atoms with Crippen LogP contribution in [0.2, 0.25) is 5.02 Å². The van der Waals surface area contributed by atoms with E-state index >= 15 is 0 Å². The highest BCUT2D eigenvalue weighted by atomic mass is 35.5. The number of carboxylic acids is 1. The molecule has 4 aromatic rings. The van der Waals surface area contributed by atoms with Gasteiger partial charge in [0.05, 0.1) is 22.0 Å². The minimum atomic E-state index is -0.947. The molecule has 1 aromatic heterocycles. The number of hydrogen-bond acceptors (Lipinski definition) is 8. The smallest absolute Gasteiger partial charge is 0.323 e. The first-order valence-electron chi connectivity index (χ1n) is 11.3. The molecular weight excluding hydrogens is 502 g/mol. The van der Waals surface area contributed by atoms with Crippen molar-refractivity contribution in [2.24, 2.45) is 0 Å². The molecule has 1 atom stereocenters. The van der Waals surface area contributed by atoms with Crippen molar-refractivity contribution >= 4 is 50.7 Å². The number of ether oxygens (including phenoxy) is 3. The van der Waals surface area contributed by atoms with Gasteiger partial charge in [0.15, 0.2) is 17.3 Å². The number of aliphatic carboxylic acids is 1. The Morgan fingerprint density at radius 1 is 1.17 bits per heavy atom. The molecule has 1 aliphatic heterocycles. The van der Waals surface area contributed by atoms with E-state index in [2.05, 4.69) is 15.0 Å². The molecule has 0 bridgehead atoms. The molecule has 0 radical (unpaired) electrons. The third-order valence-corrected chi connectivity index (χ3v) is 7.04. The summed E-state index contributed by atoms with van der Waals surface area (Å²) in [5.74, 6) is 1.20. The Kier molecular flexibility index (Phi) is 7.24. The molecule has 2 heterocycles. The van der Waals surface area contributed by atoms with Crippen LogP contribution in [0.25, 0.3) is 21.2 Å². The first kappa shape index (κ1) is 24.3. The number of anilines is 2. The van der Waals surface area contributed by atoms with Crippen LogP contribution in [0, 0.1) is 0 Å². The van der Waals surface area contributed by atoms with E-state index in [0.29, 0.717) is 36.3 Å². The maximum atomic E-state index is 11.3. The largest absolute Gasteiger partial charge is 0.486 e. The van der Waals surface area contributed by atoms with Crippen LogP contribution in [0.5, 0.6) is 11.5 Å². The van der Waals surface area contributed by atoms with E-state index in [-0.39, 0.29) is 6.61 Å². The van der Waals surface area contributed by atoms with Gasteiger partial charge >= 0.3 is 5.97 Å². The van der Waals surface area contributed by atoms with E-state index in [1.165, 1.54) is 18.6 Å². The molecule has 0 amide bonds. The molecule has 10 heteroatoms. The van der Waals surface area contributed by atoms with E-state index in [4.69, 9.17) is 25.8 Å². The number of nitrogens with zero attached hydrogens (tertiary/aromatic N) is 1. The Balaban J connectivity index is 1.35. The summed E-state index contributed by atoms with van der Waals surface area (Å²) in [6.07, 6.45) is 0. The van der Waals surface area contributed by atoms with Gasteiger partial charge in [-0.15, -0.1) is 0 Å². The average Bonchev–Trinajstić information content (AvgIpc) is 3.29. The van der Waals surface area contributed by atoms with Crippen molar-refractivity contribution in [3.8, 4) is 22.6 Å². The van der Waals surface area contributed by atoms with Crippen LogP contribution in [0.3, 0.4) is 0 Å². The number of nitrogens with one attached hydrogen (secondary N) is 2. The number of methoxy groups -OCH3 is 1. The second-order valence-corrected chi connectivity index (χ2v) is 9.42. The fourth-order valence-corrected chi connectivity index (χ4v) is 5.08. The summed E-state index contributed by atoms with van der Waals surface area (Å²) in [6, 6.07) is 16.8. The van der Waals surface area contributed by atoms with Gasteiger partial charge in [-0.05, 0) is 53.0 Å². The Morgan fingerprint density at radius 2 is 2.00 bits per heavy atom. The summed E-state index contributed by atoms with van der Waals surface area (Å²) < 4.78 is 21.9. The average molecular weight is 526 g/mol. The molecular formula is C26H24ClN3O5S. The first-order valence-corrected chi connectivity index (χ1v) is 12.5. The van der Waals surface area contributed by atoms with Crippen LogP contribution in [0.4, 0.5) is 11.5 Å². The van der Waals surface area contributed by atoms with Crippen LogP contribution in [-0.2, 0) is 16.1 Å². The highest BCUT2D eigenvalue weighted by Crippen LogP contribution is 2.40. The normalized spacial score (nSPS) is 13.5. The maximum absolute atomic E-state index is 11.3. The predicted octanol–water partition coefficient (Wildman–Crippen LogP) is 5.32. The van der Waals surface area contributed by atoms with Crippen molar-refractivity contribution in [2.45, 2.75) is 12.6 Å². The molecule has 36 heavy (non-hydrogen) atoms. The number of carboxylic acid groups (broad SMARTS) is 1. The number of halogens is 1. The van der Waals surface area contributed by atoms with Gasteiger partial charge in [0.25, 0.3) is 0 Å². The fourth-order valence-electron chi connectivity index (χ4n) is 4.00.